The first-order chi connectivity index (χ1) is 8.29. The molecule has 0 atom stereocenters. The van der Waals surface area contributed by atoms with Gasteiger partial charge in [-0.2, -0.15) is 13.2 Å². The Morgan fingerprint density at radius 3 is 2.56 bits per heavy atom. The van der Waals surface area contributed by atoms with Crippen molar-refractivity contribution in [3.05, 3.63) is 35.3 Å². The predicted octanol–water partition coefficient (Wildman–Crippen LogP) is 3.72. The van der Waals surface area contributed by atoms with Crippen molar-refractivity contribution >= 4 is 16.8 Å². The predicted molar refractivity (Wildman–Crippen MR) is 55.6 cm³/mol. The van der Waals surface area contributed by atoms with E-state index in [9.17, 15) is 22.4 Å². The highest BCUT2D eigenvalue weighted by molar-refractivity contribution is 5.89. The smallest absolute Gasteiger partial charge is 0.420 e. The molecule has 0 spiro atoms. The zero-order valence-corrected chi connectivity index (χ0v) is 9.27. The molecule has 0 aliphatic heterocycles. The van der Waals surface area contributed by atoms with Crippen LogP contribution in [0.25, 0.3) is 11.0 Å². The molecule has 0 fully saturated rings. The number of furan rings is 1. The Morgan fingerprint density at radius 2 is 2.00 bits per heavy atom. The number of fused-ring (bicyclic) bond motifs is 1. The first kappa shape index (κ1) is 12.6. The van der Waals surface area contributed by atoms with Crippen molar-refractivity contribution in [2.45, 2.75) is 19.5 Å². The van der Waals surface area contributed by atoms with Crippen LogP contribution < -0.4 is 0 Å². The molecule has 1 aromatic carbocycles. The summed E-state index contributed by atoms with van der Waals surface area (Å²) in [4.78, 5) is 11.0. The molecule has 0 N–H and O–H groups in total. The molecule has 2 nitrogen and oxygen atoms in total. The molecule has 6 heteroatoms. The van der Waals surface area contributed by atoms with Crippen molar-refractivity contribution in [1.82, 2.24) is 0 Å². The fourth-order valence-electron chi connectivity index (χ4n) is 1.79. The van der Waals surface area contributed by atoms with E-state index in [1.54, 1.807) is 0 Å². The van der Waals surface area contributed by atoms with Gasteiger partial charge in [0.1, 0.15) is 29.0 Å². The molecule has 0 amide bonds. The second-order valence-electron chi connectivity index (χ2n) is 3.97. The number of Topliss-reactive ketones (excluding diaryl/α,β-unsaturated/α-hetero) is 1. The molecule has 0 saturated heterocycles. The Kier molecular flexibility index (Phi) is 2.88. The van der Waals surface area contributed by atoms with Crippen LogP contribution in [0.5, 0.6) is 0 Å². The van der Waals surface area contributed by atoms with Crippen molar-refractivity contribution in [2.75, 3.05) is 0 Å². The number of alkyl halides is 3. The highest BCUT2D eigenvalue weighted by Gasteiger charge is 2.35. The van der Waals surface area contributed by atoms with Crippen LogP contribution in [-0.2, 0) is 17.4 Å². The molecule has 96 valence electrons. The maximum absolute atomic E-state index is 13.3. The highest BCUT2D eigenvalue weighted by Crippen LogP contribution is 2.37. The first-order valence-electron chi connectivity index (χ1n) is 5.05. The standard InChI is InChI=1S/C12H8F4O2/c1-6(17)2-7-3-8(13)4-9-10(12(14,15)16)5-18-11(7)9/h3-5H,2H2,1H3. The largest absolute Gasteiger partial charge is 0.463 e. The molecule has 2 rings (SSSR count). The molecular formula is C12H8F4O2. The fourth-order valence-corrected chi connectivity index (χ4v) is 1.79. The minimum absolute atomic E-state index is 0.0982. The average Bonchev–Trinajstić information content (AvgIpc) is 2.58. The first-order valence-corrected chi connectivity index (χ1v) is 5.05. The van der Waals surface area contributed by atoms with Crippen LogP contribution in [0.3, 0.4) is 0 Å². The molecule has 2 aromatic rings. The van der Waals surface area contributed by atoms with Gasteiger partial charge in [-0.3, -0.25) is 4.79 Å². The third-order valence-electron chi connectivity index (χ3n) is 2.46. The van der Waals surface area contributed by atoms with Gasteiger partial charge in [-0.1, -0.05) is 0 Å². The van der Waals surface area contributed by atoms with Gasteiger partial charge in [0.15, 0.2) is 0 Å². The van der Waals surface area contributed by atoms with Gasteiger partial charge in [0.2, 0.25) is 0 Å². The topological polar surface area (TPSA) is 30.2 Å². The number of carbonyl (C=O) groups is 1. The maximum atomic E-state index is 13.3. The summed E-state index contributed by atoms with van der Waals surface area (Å²) in [6, 6.07) is 1.76. The number of halogens is 4. The van der Waals surface area contributed by atoms with E-state index in [1.807, 2.05) is 0 Å². The number of ketones is 1. The van der Waals surface area contributed by atoms with Crippen molar-refractivity contribution in [2.24, 2.45) is 0 Å². The lowest BCUT2D eigenvalue weighted by Gasteiger charge is -2.04. The summed E-state index contributed by atoms with van der Waals surface area (Å²) in [6.45, 7) is 1.27. The minimum Gasteiger partial charge on any atom is -0.463 e. The van der Waals surface area contributed by atoms with Gasteiger partial charge in [0, 0.05) is 17.4 Å². The normalized spacial score (nSPS) is 12.1. The van der Waals surface area contributed by atoms with Crippen molar-refractivity contribution < 1.29 is 26.8 Å². The molecule has 0 saturated carbocycles. The summed E-state index contributed by atoms with van der Waals surface area (Å²) in [5, 5.41) is -0.362. The van der Waals surface area contributed by atoms with Gasteiger partial charge in [-0.25, -0.2) is 4.39 Å². The lowest BCUT2D eigenvalue weighted by atomic mass is 10.0. The van der Waals surface area contributed by atoms with E-state index in [4.69, 9.17) is 4.42 Å². The van der Waals surface area contributed by atoms with Crippen LogP contribution in [0.2, 0.25) is 0 Å². The summed E-state index contributed by atoms with van der Waals surface area (Å²) >= 11 is 0. The zero-order chi connectivity index (χ0) is 13.5. The van der Waals surface area contributed by atoms with Crippen molar-refractivity contribution in [1.29, 1.82) is 0 Å². The highest BCUT2D eigenvalue weighted by atomic mass is 19.4. The molecule has 1 heterocycles. The average molecular weight is 260 g/mol. The van der Waals surface area contributed by atoms with Crippen LogP contribution in [0, 0.1) is 5.82 Å². The van der Waals surface area contributed by atoms with Gasteiger partial charge in [0.25, 0.3) is 0 Å². The Balaban J connectivity index is 2.69. The lowest BCUT2D eigenvalue weighted by Crippen LogP contribution is -2.04. The second-order valence-corrected chi connectivity index (χ2v) is 3.97. The number of carbonyl (C=O) groups excluding carboxylic acids is 1. The minimum atomic E-state index is -4.62. The van der Waals surface area contributed by atoms with Crippen LogP contribution in [-0.4, -0.2) is 5.78 Å². The molecular weight excluding hydrogens is 252 g/mol. The van der Waals surface area contributed by atoms with Gasteiger partial charge >= 0.3 is 6.18 Å². The van der Waals surface area contributed by atoms with E-state index in [1.165, 1.54) is 6.92 Å². The van der Waals surface area contributed by atoms with E-state index in [2.05, 4.69) is 0 Å². The Labute approximate surface area is 99.2 Å². The molecule has 0 unspecified atom stereocenters. The summed E-state index contributed by atoms with van der Waals surface area (Å²) < 4.78 is 56.0. The Bertz CT molecular complexity index is 610. The van der Waals surface area contributed by atoms with Gasteiger partial charge in [0.05, 0.1) is 0 Å². The maximum Gasteiger partial charge on any atom is 0.420 e. The number of rotatable bonds is 2. The SMILES string of the molecule is CC(=O)Cc1cc(F)cc2c(C(F)(F)F)coc12. The molecule has 0 bridgehead atoms. The zero-order valence-electron chi connectivity index (χ0n) is 9.27. The molecule has 0 aliphatic carbocycles. The van der Waals surface area contributed by atoms with Crippen LogP contribution >= 0.6 is 0 Å². The Hall–Kier alpha value is -1.85. The van der Waals surface area contributed by atoms with E-state index in [0.717, 1.165) is 12.1 Å². The van der Waals surface area contributed by atoms with Gasteiger partial charge in [-0.15, -0.1) is 0 Å². The second kappa shape index (κ2) is 4.12. The summed E-state index contributed by atoms with van der Waals surface area (Å²) in [6.07, 6.45) is -4.25. The Morgan fingerprint density at radius 1 is 1.33 bits per heavy atom. The van der Waals surface area contributed by atoms with E-state index >= 15 is 0 Å². The molecule has 18 heavy (non-hydrogen) atoms. The summed E-state index contributed by atoms with van der Waals surface area (Å²) in [5.41, 5.74) is -1.02. The summed E-state index contributed by atoms with van der Waals surface area (Å²) in [5.74, 6) is -1.11. The van der Waals surface area contributed by atoms with Gasteiger partial charge < -0.3 is 4.42 Å². The lowest BCUT2D eigenvalue weighted by molar-refractivity contribution is -0.136. The van der Waals surface area contributed by atoms with E-state index < -0.39 is 17.6 Å². The van der Waals surface area contributed by atoms with Crippen molar-refractivity contribution in [3.63, 3.8) is 0 Å². The van der Waals surface area contributed by atoms with Crippen LogP contribution in [0.15, 0.2) is 22.8 Å². The fraction of sp³-hybridized carbons (Fsp3) is 0.250. The number of hydrogen-bond acceptors (Lipinski definition) is 2. The third kappa shape index (κ3) is 2.23. The van der Waals surface area contributed by atoms with Gasteiger partial charge in [-0.05, 0) is 19.1 Å². The summed E-state index contributed by atoms with van der Waals surface area (Å²) in [7, 11) is 0. The van der Waals surface area contributed by atoms with Crippen LogP contribution in [0.1, 0.15) is 18.1 Å². The molecule has 0 aliphatic rings. The number of hydrogen-bond donors (Lipinski definition) is 0. The quantitative estimate of drug-likeness (QED) is 0.770. The van der Waals surface area contributed by atoms with Crippen molar-refractivity contribution in [3.8, 4) is 0 Å². The van der Waals surface area contributed by atoms with E-state index in [-0.39, 0.29) is 28.7 Å². The third-order valence-corrected chi connectivity index (χ3v) is 2.46. The van der Waals surface area contributed by atoms with E-state index in [0.29, 0.717) is 6.26 Å². The van der Waals surface area contributed by atoms with Crippen LogP contribution in [0.4, 0.5) is 17.6 Å². The molecule has 0 radical (unpaired) electrons. The molecule has 1 aromatic heterocycles. The number of benzene rings is 1. The monoisotopic (exact) mass is 260 g/mol.